The molecule has 0 fully saturated rings. The number of ether oxygens (including phenoxy) is 1. The third kappa shape index (κ3) is 3.34. The first-order valence-electron chi connectivity index (χ1n) is 6.62. The molecule has 2 aromatic carbocycles. The lowest BCUT2D eigenvalue weighted by Gasteiger charge is -2.10. The van der Waals surface area contributed by atoms with Crippen molar-refractivity contribution in [2.45, 2.75) is 11.8 Å². The molecule has 0 saturated carbocycles. The van der Waals surface area contributed by atoms with E-state index >= 15 is 0 Å². The number of nitrogens with zero attached hydrogens (tertiary/aromatic N) is 1. The zero-order valence-corrected chi connectivity index (χ0v) is 15.5. The molecule has 0 aliphatic carbocycles. The van der Waals surface area contributed by atoms with E-state index < -0.39 is 10.0 Å². The summed E-state index contributed by atoms with van der Waals surface area (Å²) in [7, 11) is -2.15. The lowest BCUT2D eigenvalue weighted by atomic mass is 10.3. The third-order valence-corrected chi connectivity index (χ3v) is 6.11. The predicted molar refractivity (Wildman–Crippen MR) is 95.9 cm³/mol. The summed E-state index contributed by atoms with van der Waals surface area (Å²) < 4.78 is 34.2. The maximum absolute atomic E-state index is 12.5. The fraction of sp³-hybridized carbons (Fsp3) is 0.133. The van der Waals surface area contributed by atoms with Crippen LogP contribution in [0.2, 0.25) is 0 Å². The van der Waals surface area contributed by atoms with Crippen molar-refractivity contribution in [2.75, 3.05) is 11.8 Å². The number of methoxy groups -OCH3 is 1. The van der Waals surface area contributed by atoms with Gasteiger partial charge in [-0.15, -0.1) is 11.3 Å². The highest BCUT2D eigenvalue weighted by Crippen LogP contribution is 2.29. The number of hydrogen-bond acceptors (Lipinski definition) is 5. The number of thiazole rings is 1. The molecule has 0 bridgehead atoms. The number of hydrogen-bond donors (Lipinski definition) is 1. The normalized spacial score (nSPS) is 11.6. The van der Waals surface area contributed by atoms with E-state index in [0.29, 0.717) is 15.9 Å². The molecule has 5 nitrogen and oxygen atoms in total. The topological polar surface area (TPSA) is 68.3 Å². The van der Waals surface area contributed by atoms with Crippen LogP contribution in [0.4, 0.5) is 5.69 Å². The minimum atomic E-state index is -3.67. The molecule has 0 aliphatic heterocycles. The molecule has 1 N–H and O–H groups in total. The molecule has 0 amide bonds. The highest BCUT2D eigenvalue weighted by atomic mass is 79.9. The van der Waals surface area contributed by atoms with E-state index in [1.54, 1.807) is 24.3 Å². The second kappa shape index (κ2) is 6.10. The largest absolute Gasteiger partial charge is 0.496 e. The number of sulfonamides is 1. The quantitative estimate of drug-likeness (QED) is 0.697. The Morgan fingerprint density at radius 2 is 2.00 bits per heavy atom. The summed E-state index contributed by atoms with van der Waals surface area (Å²) >= 11 is 4.82. The van der Waals surface area contributed by atoms with E-state index in [2.05, 4.69) is 25.6 Å². The van der Waals surface area contributed by atoms with Gasteiger partial charge in [-0.25, -0.2) is 13.4 Å². The lowest BCUT2D eigenvalue weighted by molar-refractivity contribution is 0.411. The first-order chi connectivity index (χ1) is 10.9. The smallest absolute Gasteiger partial charge is 0.261 e. The summed E-state index contributed by atoms with van der Waals surface area (Å²) in [5.74, 6) is 0.575. The molecule has 1 heterocycles. The van der Waals surface area contributed by atoms with Crippen LogP contribution in [0.25, 0.3) is 10.2 Å². The number of anilines is 1. The van der Waals surface area contributed by atoms with Crippen molar-refractivity contribution in [1.82, 2.24) is 4.98 Å². The molecule has 0 atom stereocenters. The first kappa shape index (κ1) is 16.2. The van der Waals surface area contributed by atoms with Gasteiger partial charge in [-0.05, 0) is 59.3 Å². The molecule has 23 heavy (non-hydrogen) atoms. The van der Waals surface area contributed by atoms with E-state index in [1.807, 2.05) is 6.92 Å². The van der Waals surface area contributed by atoms with Gasteiger partial charge in [0.05, 0.1) is 37.4 Å². The molecule has 0 spiro atoms. The number of aromatic nitrogens is 1. The molecule has 0 unspecified atom stereocenters. The molecule has 0 radical (unpaired) electrons. The second-order valence-electron chi connectivity index (χ2n) is 4.82. The standard InChI is InChI=1S/C15H13BrN2O3S2/c1-9-17-13-5-3-10(7-15(13)22-9)18-23(19,20)11-4-6-14(21-2)12(16)8-11/h3-8,18H,1-2H3. The molecule has 120 valence electrons. The van der Waals surface area contributed by atoms with Crippen molar-refractivity contribution >= 4 is 53.2 Å². The fourth-order valence-corrected chi connectivity index (χ4v) is 4.77. The summed E-state index contributed by atoms with van der Waals surface area (Å²) in [4.78, 5) is 4.52. The van der Waals surface area contributed by atoms with Crippen LogP contribution in [0.5, 0.6) is 5.75 Å². The van der Waals surface area contributed by atoms with E-state index in [9.17, 15) is 8.42 Å². The Kier molecular flexibility index (Phi) is 4.31. The van der Waals surface area contributed by atoms with Gasteiger partial charge in [0.25, 0.3) is 10.0 Å². The number of rotatable bonds is 4. The number of aryl methyl sites for hydroxylation is 1. The van der Waals surface area contributed by atoms with Crippen molar-refractivity contribution in [3.8, 4) is 5.75 Å². The van der Waals surface area contributed by atoms with Gasteiger partial charge in [-0.1, -0.05) is 0 Å². The Morgan fingerprint density at radius 1 is 1.22 bits per heavy atom. The molecular weight excluding hydrogens is 400 g/mol. The summed E-state index contributed by atoms with van der Waals surface area (Å²) in [6.45, 7) is 1.92. The summed E-state index contributed by atoms with van der Waals surface area (Å²) in [5.41, 5.74) is 1.37. The lowest BCUT2D eigenvalue weighted by Crippen LogP contribution is -2.12. The zero-order chi connectivity index (χ0) is 16.6. The van der Waals surface area contributed by atoms with Crippen LogP contribution in [0, 0.1) is 6.92 Å². The average molecular weight is 413 g/mol. The Morgan fingerprint density at radius 3 is 2.70 bits per heavy atom. The van der Waals surface area contributed by atoms with Crippen molar-refractivity contribution in [3.63, 3.8) is 0 Å². The number of benzene rings is 2. The van der Waals surface area contributed by atoms with Crippen LogP contribution in [0.3, 0.4) is 0 Å². The summed E-state index contributed by atoms with van der Waals surface area (Å²) in [6.07, 6.45) is 0. The third-order valence-electron chi connectivity index (χ3n) is 3.18. The molecular formula is C15H13BrN2O3S2. The maximum Gasteiger partial charge on any atom is 0.261 e. The summed E-state index contributed by atoms with van der Waals surface area (Å²) in [5, 5.41) is 0.944. The van der Waals surface area contributed by atoms with Gasteiger partial charge in [0.15, 0.2) is 0 Å². The minimum absolute atomic E-state index is 0.158. The Hall–Kier alpha value is -1.64. The van der Waals surface area contributed by atoms with Gasteiger partial charge in [0.2, 0.25) is 0 Å². The van der Waals surface area contributed by atoms with Crippen molar-refractivity contribution in [2.24, 2.45) is 0 Å². The van der Waals surface area contributed by atoms with Gasteiger partial charge >= 0.3 is 0 Å². The van der Waals surface area contributed by atoms with Crippen LogP contribution < -0.4 is 9.46 Å². The van der Waals surface area contributed by atoms with Crippen LogP contribution in [0.15, 0.2) is 45.8 Å². The Balaban J connectivity index is 1.94. The highest BCUT2D eigenvalue weighted by molar-refractivity contribution is 9.10. The van der Waals surface area contributed by atoms with Crippen LogP contribution in [0.1, 0.15) is 5.01 Å². The molecule has 3 aromatic rings. The van der Waals surface area contributed by atoms with Crippen molar-refractivity contribution < 1.29 is 13.2 Å². The molecule has 3 rings (SSSR count). The van der Waals surface area contributed by atoms with Gasteiger partial charge in [-0.3, -0.25) is 4.72 Å². The highest BCUT2D eigenvalue weighted by Gasteiger charge is 2.16. The molecule has 0 aliphatic rings. The molecule has 8 heteroatoms. The van der Waals surface area contributed by atoms with E-state index in [1.165, 1.54) is 30.6 Å². The fourth-order valence-electron chi connectivity index (χ4n) is 2.13. The second-order valence-corrected chi connectivity index (χ2v) is 8.59. The van der Waals surface area contributed by atoms with E-state index in [4.69, 9.17) is 4.74 Å². The monoisotopic (exact) mass is 412 g/mol. The minimum Gasteiger partial charge on any atom is -0.496 e. The van der Waals surface area contributed by atoms with Crippen LogP contribution in [-0.2, 0) is 10.0 Å². The van der Waals surface area contributed by atoms with Crippen molar-refractivity contribution in [3.05, 3.63) is 45.9 Å². The maximum atomic E-state index is 12.5. The van der Waals surface area contributed by atoms with Gasteiger partial charge in [0.1, 0.15) is 5.75 Å². The number of fused-ring (bicyclic) bond motifs is 1. The Bertz CT molecular complexity index is 984. The van der Waals surface area contributed by atoms with Gasteiger partial charge in [0, 0.05) is 0 Å². The van der Waals surface area contributed by atoms with E-state index in [-0.39, 0.29) is 4.90 Å². The Labute approximate surface area is 146 Å². The van der Waals surface area contributed by atoms with Crippen LogP contribution >= 0.6 is 27.3 Å². The first-order valence-corrected chi connectivity index (χ1v) is 9.72. The average Bonchev–Trinajstić information content (AvgIpc) is 2.86. The predicted octanol–water partition coefficient (Wildman–Crippen LogP) is 4.18. The number of nitrogens with one attached hydrogen (secondary N) is 1. The zero-order valence-electron chi connectivity index (χ0n) is 12.3. The summed E-state index contributed by atoms with van der Waals surface area (Å²) in [6, 6.07) is 9.92. The SMILES string of the molecule is COc1ccc(S(=O)(=O)Nc2ccc3nc(C)sc3c2)cc1Br. The van der Waals surface area contributed by atoms with Gasteiger partial charge < -0.3 is 4.74 Å². The van der Waals surface area contributed by atoms with Gasteiger partial charge in [-0.2, -0.15) is 0 Å². The van der Waals surface area contributed by atoms with E-state index in [0.717, 1.165) is 15.2 Å². The van der Waals surface area contributed by atoms with Crippen molar-refractivity contribution in [1.29, 1.82) is 0 Å². The molecule has 0 saturated heterocycles. The van der Waals surface area contributed by atoms with Crippen LogP contribution in [-0.4, -0.2) is 20.5 Å². The number of halogens is 1. The molecule has 1 aromatic heterocycles.